The van der Waals surface area contributed by atoms with Crippen LogP contribution in [0.2, 0.25) is 5.02 Å². The van der Waals surface area contributed by atoms with Crippen molar-refractivity contribution in [1.29, 1.82) is 0 Å². The number of aliphatic carboxylic acids is 1. The van der Waals surface area contributed by atoms with Gasteiger partial charge >= 0.3 is 5.97 Å². The van der Waals surface area contributed by atoms with E-state index in [1.807, 2.05) is 6.07 Å². The maximum absolute atomic E-state index is 9.92. The summed E-state index contributed by atoms with van der Waals surface area (Å²) in [5, 5.41) is 19.1. The summed E-state index contributed by atoms with van der Waals surface area (Å²) in [6, 6.07) is 7.16. The zero-order chi connectivity index (χ0) is 17.1. The summed E-state index contributed by atoms with van der Waals surface area (Å²) in [4.78, 5) is 23.2. The number of pyridine rings is 1. The molecule has 2 rings (SSSR count). The Hall–Kier alpha value is -2.18. The van der Waals surface area contributed by atoms with Gasteiger partial charge in [0.15, 0.2) is 0 Å². The summed E-state index contributed by atoms with van der Waals surface area (Å²) in [5.74, 6) is -2.20. The van der Waals surface area contributed by atoms with E-state index in [9.17, 15) is 14.7 Å². The lowest BCUT2D eigenvalue weighted by Gasteiger charge is -2.19. The summed E-state index contributed by atoms with van der Waals surface area (Å²) in [7, 11) is 0. The second-order valence-electron chi connectivity index (χ2n) is 5.18. The van der Waals surface area contributed by atoms with Crippen molar-refractivity contribution in [3.63, 3.8) is 0 Å². The van der Waals surface area contributed by atoms with E-state index in [1.165, 1.54) is 0 Å². The molecule has 6 nitrogen and oxygen atoms in total. The second-order valence-corrected chi connectivity index (χ2v) is 5.62. The van der Waals surface area contributed by atoms with Crippen LogP contribution in [-0.4, -0.2) is 26.9 Å². The summed E-state index contributed by atoms with van der Waals surface area (Å²) in [6.07, 6.45) is 0. The minimum atomic E-state index is -1.38. The van der Waals surface area contributed by atoms with Crippen molar-refractivity contribution >= 4 is 39.9 Å². The van der Waals surface area contributed by atoms with Crippen LogP contribution < -0.4 is 5.73 Å². The van der Waals surface area contributed by atoms with Gasteiger partial charge in [0.25, 0.3) is 0 Å². The lowest BCUT2D eigenvalue weighted by molar-refractivity contribution is -0.148. The first-order chi connectivity index (χ1) is 10.0. The van der Waals surface area contributed by atoms with E-state index in [0.717, 1.165) is 17.8 Å². The minimum absolute atomic E-state index is 0.474. The largest absolute Gasteiger partial charge is 0.476 e. The molecular formula is C15H17ClN2O4. The number of carboxylic acids is 1. The standard InChI is InChI=1S/C12H13ClN2O.C3H4O3/c1-12(2,16)11-9(14)6-7-5-8(13)3-4-10(7)15-11;1-2(4)3(5)6/h3-6,16H,14H2,1-2H3;1H3,(H,5,6). The molecule has 1 aromatic carbocycles. The molecule has 1 heterocycles. The summed E-state index contributed by atoms with van der Waals surface area (Å²) in [5.41, 5.74) is 6.55. The Kier molecular flexibility index (Phi) is 5.46. The highest BCUT2D eigenvalue weighted by Gasteiger charge is 2.21. The molecule has 0 aliphatic carbocycles. The molecule has 0 spiro atoms. The van der Waals surface area contributed by atoms with Gasteiger partial charge in [0.2, 0.25) is 5.78 Å². The summed E-state index contributed by atoms with van der Waals surface area (Å²) < 4.78 is 0. The fourth-order valence-corrected chi connectivity index (χ4v) is 1.83. The number of carbonyl (C=O) groups is 2. The lowest BCUT2D eigenvalue weighted by atomic mass is 10.0. The zero-order valence-corrected chi connectivity index (χ0v) is 13.2. The average Bonchev–Trinajstić information content (AvgIpc) is 2.36. The van der Waals surface area contributed by atoms with Crippen LogP contribution in [0.25, 0.3) is 10.9 Å². The van der Waals surface area contributed by atoms with Gasteiger partial charge in [0.05, 0.1) is 16.9 Å². The van der Waals surface area contributed by atoms with Crippen LogP contribution in [0.1, 0.15) is 26.5 Å². The van der Waals surface area contributed by atoms with Crippen molar-refractivity contribution < 1.29 is 19.8 Å². The maximum atomic E-state index is 9.92. The number of fused-ring (bicyclic) bond motifs is 1. The molecule has 4 N–H and O–H groups in total. The van der Waals surface area contributed by atoms with Crippen LogP contribution in [0, 0.1) is 0 Å². The highest BCUT2D eigenvalue weighted by molar-refractivity contribution is 6.31. The average molecular weight is 325 g/mol. The molecule has 22 heavy (non-hydrogen) atoms. The van der Waals surface area contributed by atoms with Gasteiger partial charge in [-0.1, -0.05) is 11.6 Å². The van der Waals surface area contributed by atoms with E-state index in [-0.39, 0.29) is 0 Å². The van der Waals surface area contributed by atoms with E-state index in [1.54, 1.807) is 32.0 Å². The summed E-state index contributed by atoms with van der Waals surface area (Å²) >= 11 is 5.88. The third kappa shape index (κ3) is 4.68. The van der Waals surface area contributed by atoms with Crippen molar-refractivity contribution in [2.24, 2.45) is 0 Å². The highest BCUT2D eigenvalue weighted by atomic mass is 35.5. The topological polar surface area (TPSA) is 114 Å². The van der Waals surface area contributed by atoms with E-state index < -0.39 is 17.4 Å². The molecule has 0 fully saturated rings. The number of hydrogen-bond acceptors (Lipinski definition) is 5. The third-order valence-electron chi connectivity index (χ3n) is 2.69. The minimum Gasteiger partial charge on any atom is -0.476 e. The number of nitrogens with zero attached hydrogens (tertiary/aromatic N) is 1. The molecule has 0 unspecified atom stereocenters. The lowest BCUT2D eigenvalue weighted by Crippen LogP contribution is -2.19. The first-order valence-corrected chi connectivity index (χ1v) is 6.72. The van der Waals surface area contributed by atoms with Gasteiger partial charge in [0.1, 0.15) is 5.60 Å². The van der Waals surface area contributed by atoms with Gasteiger partial charge in [-0.05, 0) is 38.1 Å². The Morgan fingerprint density at radius 2 is 1.82 bits per heavy atom. The molecule has 0 aliphatic heterocycles. The van der Waals surface area contributed by atoms with Crippen LogP contribution in [0.4, 0.5) is 5.69 Å². The number of carbonyl (C=O) groups excluding carboxylic acids is 1. The number of anilines is 1. The molecule has 0 saturated heterocycles. The quantitative estimate of drug-likeness (QED) is 0.731. The monoisotopic (exact) mass is 324 g/mol. The molecular weight excluding hydrogens is 308 g/mol. The normalized spacial score (nSPS) is 10.8. The number of carboxylic acid groups (broad SMARTS) is 1. The van der Waals surface area contributed by atoms with Gasteiger partial charge in [-0.15, -0.1) is 0 Å². The smallest absolute Gasteiger partial charge is 0.371 e. The third-order valence-corrected chi connectivity index (χ3v) is 2.92. The number of nitrogens with two attached hydrogens (primary N) is 1. The van der Waals surface area contributed by atoms with Crippen LogP contribution in [0.3, 0.4) is 0 Å². The van der Waals surface area contributed by atoms with E-state index in [4.69, 9.17) is 22.4 Å². The SMILES string of the molecule is CC(=O)C(=O)O.CC(C)(O)c1nc2ccc(Cl)cc2cc1N. The molecule has 1 aromatic heterocycles. The van der Waals surface area contributed by atoms with Crippen LogP contribution in [0.5, 0.6) is 0 Å². The van der Waals surface area contributed by atoms with Gasteiger partial charge in [-0.3, -0.25) is 4.79 Å². The van der Waals surface area contributed by atoms with Crippen molar-refractivity contribution in [3.05, 3.63) is 35.0 Å². The number of ketones is 1. The molecule has 0 bridgehead atoms. The molecule has 0 atom stereocenters. The molecule has 118 valence electrons. The van der Waals surface area contributed by atoms with E-state index >= 15 is 0 Å². The Labute approximate surface area is 132 Å². The number of nitrogen functional groups attached to an aromatic ring is 1. The number of halogens is 1. The predicted molar refractivity (Wildman–Crippen MR) is 84.7 cm³/mol. The zero-order valence-electron chi connectivity index (χ0n) is 12.4. The first-order valence-electron chi connectivity index (χ1n) is 6.35. The van der Waals surface area contributed by atoms with Crippen LogP contribution in [-0.2, 0) is 15.2 Å². The molecule has 0 aliphatic rings. The van der Waals surface area contributed by atoms with Gasteiger partial charge in [-0.2, -0.15) is 0 Å². The molecule has 0 radical (unpaired) electrons. The Bertz CT molecular complexity index is 711. The number of rotatable bonds is 2. The molecule has 7 heteroatoms. The number of aliphatic hydroxyl groups is 1. The van der Waals surface area contributed by atoms with Crippen LogP contribution >= 0.6 is 11.6 Å². The second kappa shape index (κ2) is 6.72. The van der Waals surface area contributed by atoms with E-state index in [0.29, 0.717) is 16.4 Å². The predicted octanol–water partition coefficient (Wildman–Crippen LogP) is 2.36. The fourth-order valence-electron chi connectivity index (χ4n) is 1.65. The van der Waals surface area contributed by atoms with Crippen molar-refractivity contribution in [2.45, 2.75) is 26.4 Å². The first kappa shape index (κ1) is 17.9. The molecule has 2 aromatic rings. The number of hydrogen-bond donors (Lipinski definition) is 3. The Morgan fingerprint density at radius 3 is 2.27 bits per heavy atom. The molecule has 0 amide bonds. The molecule has 0 saturated carbocycles. The van der Waals surface area contributed by atoms with Crippen molar-refractivity contribution in [3.8, 4) is 0 Å². The van der Waals surface area contributed by atoms with Gasteiger partial charge in [0, 0.05) is 17.3 Å². The highest BCUT2D eigenvalue weighted by Crippen LogP contribution is 2.28. The number of aromatic nitrogens is 1. The van der Waals surface area contributed by atoms with Gasteiger partial charge in [-0.25, -0.2) is 9.78 Å². The van der Waals surface area contributed by atoms with Crippen molar-refractivity contribution in [1.82, 2.24) is 4.98 Å². The number of benzene rings is 1. The number of Topliss-reactive ketones (excluding diaryl/α,β-unsaturated/α-hetero) is 1. The Morgan fingerprint density at radius 1 is 1.27 bits per heavy atom. The summed E-state index contributed by atoms with van der Waals surface area (Å²) in [6.45, 7) is 4.32. The van der Waals surface area contributed by atoms with Gasteiger partial charge < -0.3 is 15.9 Å². The van der Waals surface area contributed by atoms with Crippen LogP contribution in [0.15, 0.2) is 24.3 Å². The Balaban J connectivity index is 0.000000346. The maximum Gasteiger partial charge on any atom is 0.371 e. The fraction of sp³-hybridized carbons (Fsp3) is 0.267. The van der Waals surface area contributed by atoms with Crippen molar-refractivity contribution in [2.75, 3.05) is 5.73 Å². The van der Waals surface area contributed by atoms with E-state index in [2.05, 4.69) is 4.98 Å².